The van der Waals surface area contributed by atoms with Crippen molar-refractivity contribution in [2.24, 2.45) is 0 Å². The average Bonchev–Trinajstić information content (AvgIpc) is 3.70. The van der Waals surface area contributed by atoms with Crippen molar-refractivity contribution in [3.63, 3.8) is 0 Å². The lowest BCUT2D eigenvalue weighted by molar-refractivity contribution is 0.669. The molecule has 0 amide bonds. The third-order valence-corrected chi connectivity index (χ3v) is 11.7. The summed E-state index contributed by atoms with van der Waals surface area (Å²) >= 11 is 0. The van der Waals surface area contributed by atoms with Gasteiger partial charge in [-0.15, -0.1) is 0 Å². The molecule has 59 heavy (non-hydrogen) atoms. The van der Waals surface area contributed by atoms with Gasteiger partial charge in [0, 0.05) is 21.9 Å². The van der Waals surface area contributed by atoms with Gasteiger partial charge in [-0.05, 0) is 89.6 Å². The molecule has 0 aliphatic rings. The van der Waals surface area contributed by atoms with Crippen LogP contribution in [0.1, 0.15) is 0 Å². The lowest BCUT2D eigenvalue weighted by Crippen LogP contribution is -2.02. The molecular weight excluding hydrogens is 719 g/mol. The first-order valence-corrected chi connectivity index (χ1v) is 19.9. The number of aromatic nitrogens is 3. The molecule has 2 heterocycles. The first-order chi connectivity index (χ1) is 29.2. The van der Waals surface area contributed by atoms with Gasteiger partial charge >= 0.3 is 0 Å². The number of hydrogen-bond donors (Lipinski definition) is 0. The van der Waals surface area contributed by atoms with Crippen molar-refractivity contribution in [2.75, 3.05) is 0 Å². The number of hydrogen-bond acceptors (Lipinski definition) is 4. The topological polar surface area (TPSA) is 51.8 Å². The van der Waals surface area contributed by atoms with E-state index in [0.29, 0.717) is 17.5 Å². The molecule has 0 aliphatic heterocycles. The maximum Gasteiger partial charge on any atom is 0.167 e. The summed E-state index contributed by atoms with van der Waals surface area (Å²) in [4.78, 5) is 16.0. The number of benzene rings is 10. The van der Waals surface area contributed by atoms with E-state index in [0.717, 1.165) is 66.1 Å². The van der Waals surface area contributed by atoms with Crippen LogP contribution in [0.4, 0.5) is 0 Å². The van der Waals surface area contributed by atoms with Crippen LogP contribution in [0.25, 0.3) is 121 Å². The minimum absolute atomic E-state index is 0.552. The molecule has 274 valence electrons. The van der Waals surface area contributed by atoms with Crippen molar-refractivity contribution in [1.29, 1.82) is 0 Å². The summed E-state index contributed by atoms with van der Waals surface area (Å²) in [6.45, 7) is 0. The van der Waals surface area contributed by atoms with Crippen LogP contribution in [0.2, 0.25) is 0 Å². The van der Waals surface area contributed by atoms with E-state index in [1.54, 1.807) is 0 Å². The van der Waals surface area contributed by atoms with E-state index in [-0.39, 0.29) is 0 Å². The van der Waals surface area contributed by atoms with Gasteiger partial charge in [0.25, 0.3) is 0 Å². The Kier molecular flexibility index (Phi) is 7.50. The summed E-state index contributed by atoms with van der Waals surface area (Å²) in [5.41, 5.74) is 8.72. The molecule has 0 N–H and O–H groups in total. The predicted octanol–water partition coefficient (Wildman–Crippen LogP) is 14.7. The standard InChI is InChI=1S/C55H33N3O/c1-2-14-38-32-40(29-24-34(38)12-1)43-31-30-35-13-3-6-17-42(35)51(43)55-57-53(56-54(58-55)48-22-11-21-47-46-20-9-10-23-50(46)59-52(47)48)37-27-25-36(26-28-37)49-33-39-15-4-5-16-41(39)44-18-7-8-19-45(44)49/h1-33H. The average molecular weight is 752 g/mol. The number of nitrogens with zero attached hydrogens (tertiary/aromatic N) is 3. The van der Waals surface area contributed by atoms with Crippen molar-refractivity contribution in [3.8, 4) is 56.4 Å². The zero-order chi connectivity index (χ0) is 38.9. The minimum atomic E-state index is 0.552. The van der Waals surface area contributed by atoms with E-state index in [9.17, 15) is 0 Å². The molecule has 0 saturated heterocycles. The molecule has 0 aliphatic carbocycles. The first kappa shape index (κ1) is 33.2. The molecule has 4 heteroatoms. The highest BCUT2D eigenvalue weighted by molar-refractivity contribution is 6.14. The Balaban J connectivity index is 1.09. The Bertz CT molecular complexity index is 3620. The van der Waals surface area contributed by atoms with E-state index < -0.39 is 0 Å². The monoisotopic (exact) mass is 751 g/mol. The predicted molar refractivity (Wildman–Crippen MR) is 244 cm³/mol. The van der Waals surface area contributed by atoms with Crippen LogP contribution in [0.5, 0.6) is 0 Å². The van der Waals surface area contributed by atoms with Crippen LogP contribution in [0.3, 0.4) is 0 Å². The van der Waals surface area contributed by atoms with Crippen molar-refractivity contribution in [3.05, 3.63) is 200 Å². The molecule has 0 fully saturated rings. The molecule has 0 bridgehead atoms. The van der Waals surface area contributed by atoms with Crippen LogP contribution in [-0.4, -0.2) is 15.0 Å². The summed E-state index contributed by atoms with van der Waals surface area (Å²) in [5, 5.41) is 11.6. The third kappa shape index (κ3) is 5.49. The zero-order valence-corrected chi connectivity index (χ0v) is 31.8. The smallest absolute Gasteiger partial charge is 0.167 e. The van der Waals surface area contributed by atoms with E-state index in [2.05, 4.69) is 182 Å². The number of rotatable bonds is 5. The highest BCUT2D eigenvalue weighted by Crippen LogP contribution is 2.41. The van der Waals surface area contributed by atoms with Crippen LogP contribution >= 0.6 is 0 Å². The lowest BCUT2D eigenvalue weighted by atomic mass is 9.92. The zero-order valence-electron chi connectivity index (χ0n) is 31.8. The molecule has 12 aromatic rings. The quantitative estimate of drug-likeness (QED) is 0.164. The Morgan fingerprint density at radius 2 is 0.881 bits per heavy atom. The molecule has 2 aromatic heterocycles. The maximum absolute atomic E-state index is 6.56. The second kappa shape index (κ2) is 13.3. The van der Waals surface area contributed by atoms with Crippen LogP contribution in [0.15, 0.2) is 205 Å². The van der Waals surface area contributed by atoms with Gasteiger partial charge in [0.05, 0.1) is 5.56 Å². The molecular formula is C55H33N3O. The third-order valence-electron chi connectivity index (χ3n) is 11.7. The molecule has 0 radical (unpaired) electrons. The van der Waals surface area contributed by atoms with Gasteiger partial charge in [-0.1, -0.05) is 176 Å². The minimum Gasteiger partial charge on any atom is -0.455 e. The summed E-state index contributed by atoms with van der Waals surface area (Å²) < 4.78 is 6.56. The summed E-state index contributed by atoms with van der Waals surface area (Å²) in [6.07, 6.45) is 0. The fourth-order valence-corrected chi connectivity index (χ4v) is 8.86. The Hall–Kier alpha value is -7.95. The highest BCUT2D eigenvalue weighted by atomic mass is 16.3. The van der Waals surface area contributed by atoms with Crippen LogP contribution in [-0.2, 0) is 0 Å². The summed E-state index contributed by atoms with van der Waals surface area (Å²) in [6, 6.07) is 70.6. The largest absolute Gasteiger partial charge is 0.455 e. The van der Waals surface area contributed by atoms with Gasteiger partial charge in [-0.25, -0.2) is 15.0 Å². The van der Waals surface area contributed by atoms with Crippen molar-refractivity contribution in [1.82, 2.24) is 15.0 Å². The molecule has 0 atom stereocenters. The van der Waals surface area contributed by atoms with E-state index >= 15 is 0 Å². The van der Waals surface area contributed by atoms with E-state index in [4.69, 9.17) is 19.4 Å². The molecule has 0 unspecified atom stereocenters. The van der Waals surface area contributed by atoms with Crippen molar-refractivity contribution < 1.29 is 4.42 Å². The van der Waals surface area contributed by atoms with Gasteiger partial charge < -0.3 is 4.42 Å². The van der Waals surface area contributed by atoms with Gasteiger partial charge in [-0.3, -0.25) is 0 Å². The fourth-order valence-electron chi connectivity index (χ4n) is 8.86. The normalized spacial score (nSPS) is 11.7. The number of para-hydroxylation sites is 2. The lowest BCUT2D eigenvalue weighted by Gasteiger charge is -2.15. The van der Waals surface area contributed by atoms with E-state index in [1.165, 1.54) is 37.9 Å². The van der Waals surface area contributed by atoms with Crippen molar-refractivity contribution in [2.45, 2.75) is 0 Å². The Morgan fingerprint density at radius 1 is 0.288 bits per heavy atom. The first-order valence-electron chi connectivity index (χ1n) is 19.9. The van der Waals surface area contributed by atoms with E-state index in [1.807, 2.05) is 18.2 Å². The van der Waals surface area contributed by atoms with Crippen LogP contribution in [0, 0.1) is 0 Å². The SMILES string of the molecule is c1ccc2cc(-c3ccc4ccccc4c3-c3nc(-c4ccc(-c5cc6ccccc6c6ccccc56)cc4)nc(-c4cccc5c4oc4ccccc45)n3)ccc2c1. The van der Waals surface area contributed by atoms with Gasteiger partial charge in [-0.2, -0.15) is 0 Å². The second-order valence-electron chi connectivity index (χ2n) is 15.1. The molecule has 4 nitrogen and oxygen atoms in total. The summed E-state index contributed by atoms with van der Waals surface area (Å²) in [7, 11) is 0. The second-order valence-corrected chi connectivity index (χ2v) is 15.1. The van der Waals surface area contributed by atoms with Gasteiger partial charge in [0.1, 0.15) is 11.2 Å². The van der Waals surface area contributed by atoms with Crippen molar-refractivity contribution >= 4 is 65.0 Å². The maximum atomic E-state index is 6.56. The molecule has 0 saturated carbocycles. The molecule has 0 spiro atoms. The molecule has 12 rings (SSSR count). The fraction of sp³-hybridized carbons (Fsp3) is 0. The number of fused-ring (bicyclic) bond motifs is 8. The number of furan rings is 1. The summed E-state index contributed by atoms with van der Waals surface area (Å²) in [5.74, 6) is 1.74. The van der Waals surface area contributed by atoms with Gasteiger partial charge in [0.2, 0.25) is 0 Å². The van der Waals surface area contributed by atoms with Crippen LogP contribution < -0.4 is 0 Å². The van der Waals surface area contributed by atoms with Gasteiger partial charge in [0.15, 0.2) is 17.5 Å². The Labute approximate surface area is 339 Å². The molecule has 10 aromatic carbocycles. The highest BCUT2D eigenvalue weighted by Gasteiger charge is 2.21. The Morgan fingerprint density at radius 3 is 1.73 bits per heavy atom.